The number of guanidine groups is 1. The second-order valence-electron chi connectivity index (χ2n) is 6.22. The van der Waals surface area contributed by atoms with E-state index in [4.69, 9.17) is 9.47 Å². The summed E-state index contributed by atoms with van der Waals surface area (Å²) in [6.07, 6.45) is 0.896. The first-order valence-corrected chi connectivity index (χ1v) is 8.58. The van der Waals surface area contributed by atoms with Crippen molar-refractivity contribution in [3.63, 3.8) is 0 Å². The lowest BCUT2D eigenvalue weighted by Crippen LogP contribution is -2.38. The first-order chi connectivity index (χ1) is 12.7. The molecule has 0 aliphatic heterocycles. The minimum absolute atomic E-state index is 0. The van der Waals surface area contributed by atoms with Gasteiger partial charge >= 0.3 is 0 Å². The maximum absolute atomic E-state index is 13.9. The van der Waals surface area contributed by atoms with E-state index in [1.807, 2.05) is 30.3 Å². The summed E-state index contributed by atoms with van der Waals surface area (Å²) >= 11 is 0. The molecule has 2 aromatic rings. The fourth-order valence-electron chi connectivity index (χ4n) is 3.02. The lowest BCUT2D eigenvalue weighted by Gasteiger charge is -2.14. The van der Waals surface area contributed by atoms with E-state index in [-0.39, 0.29) is 41.8 Å². The molecule has 0 bridgehead atoms. The van der Waals surface area contributed by atoms with Crippen LogP contribution < -0.4 is 20.1 Å². The molecule has 3 rings (SSSR count). The number of nitrogens with one attached hydrogen (secondary N) is 2. The zero-order valence-corrected chi connectivity index (χ0v) is 18.0. The molecule has 7 heteroatoms. The molecular formula is C20H25FIN3O2. The molecule has 2 aromatic carbocycles. The van der Waals surface area contributed by atoms with E-state index in [1.54, 1.807) is 27.3 Å². The molecule has 1 aliphatic rings. The Morgan fingerprint density at radius 1 is 1.19 bits per heavy atom. The smallest absolute Gasteiger partial charge is 0.191 e. The Morgan fingerprint density at radius 3 is 2.63 bits per heavy atom. The standard InChI is InChI=1S/C20H24FN3O2.HI/c1-22-20(23-12-13-8-9-14(25-2)10-19(13)26-3)24-18-11-16(18)15-6-4-5-7-17(15)21;/h4-10,16,18H,11-12H2,1-3H3,(H2,22,23,24);1H. The quantitative estimate of drug-likeness (QED) is 0.373. The van der Waals surface area contributed by atoms with Crippen LogP contribution >= 0.6 is 24.0 Å². The summed E-state index contributed by atoms with van der Waals surface area (Å²) in [6, 6.07) is 12.8. The summed E-state index contributed by atoms with van der Waals surface area (Å²) in [5, 5.41) is 6.63. The summed E-state index contributed by atoms with van der Waals surface area (Å²) in [5.74, 6) is 2.23. The van der Waals surface area contributed by atoms with E-state index in [1.165, 1.54) is 6.07 Å². The van der Waals surface area contributed by atoms with Crippen LogP contribution in [0.15, 0.2) is 47.5 Å². The van der Waals surface area contributed by atoms with Crippen molar-refractivity contribution in [3.05, 3.63) is 59.4 Å². The van der Waals surface area contributed by atoms with Crippen molar-refractivity contribution in [2.24, 2.45) is 4.99 Å². The molecule has 0 saturated heterocycles. The predicted octanol–water partition coefficient (Wildman–Crippen LogP) is 3.68. The third-order valence-corrected chi connectivity index (χ3v) is 4.58. The van der Waals surface area contributed by atoms with Gasteiger partial charge in [0.1, 0.15) is 17.3 Å². The Morgan fingerprint density at radius 2 is 1.96 bits per heavy atom. The topological polar surface area (TPSA) is 54.9 Å². The van der Waals surface area contributed by atoms with Gasteiger partial charge in [-0.15, -0.1) is 24.0 Å². The number of nitrogens with zero attached hydrogens (tertiary/aromatic N) is 1. The maximum atomic E-state index is 13.9. The first-order valence-electron chi connectivity index (χ1n) is 8.58. The van der Waals surface area contributed by atoms with Crippen LogP contribution in [-0.4, -0.2) is 33.3 Å². The fraction of sp³-hybridized carbons (Fsp3) is 0.350. The Balaban J connectivity index is 0.00000261. The van der Waals surface area contributed by atoms with Crippen LogP contribution in [0.1, 0.15) is 23.5 Å². The summed E-state index contributed by atoms with van der Waals surface area (Å²) in [4.78, 5) is 4.26. The number of ether oxygens (including phenoxy) is 2. The first kappa shape index (κ1) is 21.3. The van der Waals surface area contributed by atoms with E-state index < -0.39 is 0 Å². The van der Waals surface area contributed by atoms with Crippen molar-refractivity contribution in [1.82, 2.24) is 10.6 Å². The highest BCUT2D eigenvalue weighted by Gasteiger charge is 2.40. The van der Waals surface area contributed by atoms with E-state index in [0.29, 0.717) is 12.5 Å². The molecule has 2 unspecified atom stereocenters. The minimum atomic E-state index is -0.146. The summed E-state index contributed by atoms with van der Waals surface area (Å²) in [7, 11) is 4.98. The van der Waals surface area contributed by atoms with Gasteiger partial charge in [0.25, 0.3) is 0 Å². The normalized spacial score (nSPS) is 18.3. The van der Waals surface area contributed by atoms with Gasteiger partial charge in [0.2, 0.25) is 0 Å². The second kappa shape index (κ2) is 9.77. The molecule has 1 saturated carbocycles. The number of halogens is 2. The lowest BCUT2D eigenvalue weighted by atomic mass is 10.1. The molecule has 0 aromatic heterocycles. The largest absolute Gasteiger partial charge is 0.497 e. The molecule has 5 nitrogen and oxygen atoms in total. The van der Waals surface area contributed by atoms with Gasteiger partial charge in [-0.05, 0) is 30.2 Å². The molecule has 2 atom stereocenters. The van der Waals surface area contributed by atoms with E-state index in [0.717, 1.165) is 29.0 Å². The highest BCUT2D eigenvalue weighted by molar-refractivity contribution is 14.0. The SMILES string of the molecule is CN=C(NCc1ccc(OC)cc1OC)NC1CC1c1ccccc1F.I. The molecule has 1 fully saturated rings. The van der Waals surface area contributed by atoms with Gasteiger partial charge in [0.05, 0.1) is 14.2 Å². The van der Waals surface area contributed by atoms with Crippen molar-refractivity contribution < 1.29 is 13.9 Å². The molecule has 1 aliphatic carbocycles. The lowest BCUT2D eigenvalue weighted by molar-refractivity contribution is 0.390. The highest BCUT2D eigenvalue weighted by Crippen LogP contribution is 2.41. The van der Waals surface area contributed by atoms with Crippen LogP contribution in [0.3, 0.4) is 0 Å². The molecule has 27 heavy (non-hydrogen) atoms. The number of methoxy groups -OCH3 is 2. The van der Waals surface area contributed by atoms with Crippen molar-refractivity contribution in [1.29, 1.82) is 0 Å². The third kappa shape index (κ3) is 5.24. The van der Waals surface area contributed by atoms with Crippen molar-refractivity contribution in [3.8, 4) is 11.5 Å². The monoisotopic (exact) mass is 485 g/mol. The number of hydrogen-bond acceptors (Lipinski definition) is 3. The van der Waals surface area contributed by atoms with Crippen LogP contribution in [0.2, 0.25) is 0 Å². The molecule has 0 amide bonds. The molecule has 146 valence electrons. The van der Waals surface area contributed by atoms with Gasteiger partial charge in [-0.1, -0.05) is 18.2 Å². The van der Waals surface area contributed by atoms with Crippen molar-refractivity contribution in [2.75, 3.05) is 21.3 Å². The molecule has 2 N–H and O–H groups in total. The minimum Gasteiger partial charge on any atom is -0.497 e. The Hall–Kier alpha value is -2.03. The van der Waals surface area contributed by atoms with Crippen LogP contribution in [0.25, 0.3) is 0 Å². The van der Waals surface area contributed by atoms with E-state index in [9.17, 15) is 4.39 Å². The average Bonchev–Trinajstić information content (AvgIpc) is 3.44. The van der Waals surface area contributed by atoms with Crippen LogP contribution in [0, 0.1) is 5.82 Å². The van der Waals surface area contributed by atoms with E-state index >= 15 is 0 Å². The predicted molar refractivity (Wildman–Crippen MR) is 116 cm³/mol. The average molecular weight is 485 g/mol. The number of rotatable bonds is 6. The van der Waals surface area contributed by atoms with Gasteiger partial charge in [-0.2, -0.15) is 0 Å². The second-order valence-corrected chi connectivity index (χ2v) is 6.22. The Labute approximate surface area is 176 Å². The van der Waals surface area contributed by atoms with Crippen molar-refractivity contribution >= 4 is 29.9 Å². The van der Waals surface area contributed by atoms with Crippen LogP contribution in [-0.2, 0) is 6.54 Å². The molecular weight excluding hydrogens is 460 g/mol. The number of aliphatic imine (C=N–C) groups is 1. The molecule has 0 spiro atoms. The van der Waals surface area contributed by atoms with Gasteiger partial charge < -0.3 is 20.1 Å². The highest BCUT2D eigenvalue weighted by atomic mass is 127. The third-order valence-electron chi connectivity index (χ3n) is 4.58. The van der Waals surface area contributed by atoms with Gasteiger partial charge in [0, 0.05) is 37.2 Å². The summed E-state index contributed by atoms with van der Waals surface area (Å²) in [5.41, 5.74) is 1.76. The zero-order chi connectivity index (χ0) is 18.5. The van der Waals surface area contributed by atoms with Crippen LogP contribution in [0.4, 0.5) is 4.39 Å². The molecule has 0 radical (unpaired) electrons. The van der Waals surface area contributed by atoms with Crippen molar-refractivity contribution in [2.45, 2.75) is 24.9 Å². The maximum Gasteiger partial charge on any atom is 0.191 e. The van der Waals surface area contributed by atoms with Gasteiger partial charge in [0.15, 0.2) is 5.96 Å². The summed E-state index contributed by atoms with van der Waals surface area (Å²) < 4.78 is 24.5. The summed E-state index contributed by atoms with van der Waals surface area (Å²) in [6.45, 7) is 0.559. The molecule has 0 heterocycles. The fourth-order valence-corrected chi connectivity index (χ4v) is 3.02. The van der Waals surface area contributed by atoms with Gasteiger partial charge in [-0.25, -0.2) is 4.39 Å². The van der Waals surface area contributed by atoms with Gasteiger partial charge in [-0.3, -0.25) is 4.99 Å². The van der Waals surface area contributed by atoms with Crippen LogP contribution in [0.5, 0.6) is 11.5 Å². The zero-order valence-electron chi connectivity index (χ0n) is 15.7. The number of benzene rings is 2. The Bertz CT molecular complexity index is 801. The Kier molecular flexibility index (Phi) is 7.70. The number of hydrogen-bond donors (Lipinski definition) is 2. The van der Waals surface area contributed by atoms with E-state index in [2.05, 4.69) is 15.6 Å².